The van der Waals surface area contributed by atoms with Crippen LogP contribution in [-0.2, 0) is 19.5 Å². The molecule has 1 aromatic rings. The van der Waals surface area contributed by atoms with Crippen LogP contribution in [0.5, 0.6) is 0 Å². The largest absolute Gasteiger partial charge is 0.465 e. The van der Waals surface area contributed by atoms with E-state index in [0.29, 0.717) is 31.2 Å². The number of piperidine rings is 1. The van der Waals surface area contributed by atoms with E-state index in [0.717, 1.165) is 12.8 Å². The number of esters is 1. The van der Waals surface area contributed by atoms with Crippen LogP contribution in [-0.4, -0.2) is 52.1 Å². The van der Waals surface area contributed by atoms with Gasteiger partial charge in [-0.1, -0.05) is 5.92 Å². The Morgan fingerprint density at radius 3 is 2.46 bits per heavy atom. The maximum Gasteiger partial charge on any atom is 0.337 e. The van der Waals surface area contributed by atoms with Gasteiger partial charge in [-0.05, 0) is 43.0 Å². The molecule has 0 atom stereocenters. The second-order valence-electron chi connectivity index (χ2n) is 5.58. The minimum atomic E-state index is -3.55. The van der Waals surface area contributed by atoms with E-state index in [1.807, 2.05) is 0 Å². The first-order valence-corrected chi connectivity index (χ1v) is 9.12. The van der Waals surface area contributed by atoms with Crippen LogP contribution < -0.4 is 0 Å². The van der Waals surface area contributed by atoms with Gasteiger partial charge in [0, 0.05) is 13.1 Å². The van der Waals surface area contributed by atoms with Crippen LogP contribution in [0.4, 0.5) is 0 Å². The number of ether oxygens (including phenoxy) is 2. The van der Waals surface area contributed by atoms with Crippen molar-refractivity contribution in [1.82, 2.24) is 4.31 Å². The van der Waals surface area contributed by atoms with E-state index in [2.05, 4.69) is 10.7 Å². The predicted octanol–water partition coefficient (Wildman–Crippen LogP) is 1.52. The fourth-order valence-corrected chi connectivity index (χ4v) is 4.10. The van der Waals surface area contributed by atoms with Crippen LogP contribution in [0.15, 0.2) is 29.2 Å². The molecule has 1 aliphatic heterocycles. The lowest BCUT2D eigenvalue weighted by molar-refractivity contribution is 0.0600. The molecule has 0 bridgehead atoms. The molecule has 1 fully saturated rings. The van der Waals surface area contributed by atoms with Crippen LogP contribution in [0, 0.1) is 18.3 Å². The Hall–Kier alpha value is -1.88. The van der Waals surface area contributed by atoms with Gasteiger partial charge in [0.05, 0.1) is 24.2 Å². The van der Waals surface area contributed by atoms with E-state index in [4.69, 9.17) is 11.2 Å². The summed E-state index contributed by atoms with van der Waals surface area (Å²) in [6.07, 6.45) is 6.61. The van der Waals surface area contributed by atoms with Gasteiger partial charge in [-0.15, -0.1) is 6.42 Å². The van der Waals surface area contributed by atoms with Crippen molar-refractivity contribution in [2.75, 3.05) is 33.4 Å². The van der Waals surface area contributed by atoms with Crippen molar-refractivity contribution in [2.24, 2.45) is 5.92 Å². The van der Waals surface area contributed by atoms with E-state index >= 15 is 0 Å². The summed E-state index contributed by atoms with van der Waals surface area (Å²) in [5.74, 6) is 2.25. The zero-order valence-electron chi connectivity index (χ0n) is 13.6. The van der Waals surface area contributed by atoms with Crippen LogP contribution in [0.25, 0.3) is 0 Å². The molecule has 0 radical (unpaired) electrons. The van der Waals surface area contributed by atoms with Crippen LogP contribution in [0.2, 0.25) is 0 Å². The first kappa shape index (κ1) is 18.5. The van der Waals surface area contributed by atoms with Crippen molar-refractivity contribution >= 4 is 16.0 Å². The Bertz CT molecular complexity index is 697. The molecule has 0 amide bonds. The number of nitrogens with zero attached hydrogens (tertiary/aromatic N) is 1. The van der Waals surface area contributed by atoms with Gasteiger partial charge < -0.3 is 9.47 Å². The molecule has 1 aliphatic rings. The van der Waals surface area contributed by atoms with Crippen molar-refractivity contribution in [3.63, 3.8) is 0 Å². The van der Waals surface area contributed by atoms with Crippen LogP contribution in [0.3, 0.4) is 0 Å². The van der Waals surface area contributed by atoms with Gasteiger partial charge in [0.1, 0.15) is 6.61 Å². The molecule has 0 saturated carbocycles. The van der Waals surface area contributed by atoms with Gasteiger partial charge in [-0.25, -0.2) is 13.2 Å². The molecule has 1 aromatic carbocycles. The summed E-state index contributed by atoms with van der Waals surface area (Å²) < 4.78 is 36.7. The number of hydrogen-bond donors (Lipinski definition) is 0. The Morgan fingerprint density at radius 2 is 1.92 bits per heavy atom. The summed E-state index contributed by atoms with van der Waals surface area (Å²) in [5.41, 5.74) is 0.320. The van der Waals surface area contributed by atoms with Crippen molar-refractivity contribution in [3.8, 4) is 12.3 Å². The zero-order valence-corrected chi connectivity index (χ0v) is 14.4. The van der Waals surface area contributed by atoms with Gasteiger partial charge in [0.25, 0.3) is 0 Å². The summed E-state index contributed by atoms with van der Waals surface area (Å²) in [7, 11) is -2.27. The molecule has 6 nitrogen and oxygen atoms in total. The molecule has 1 saturated heterocycles. The highest BCUT2D eigenvalue weighted by Gasteiger charge is 2.29. The van der Waals surface area contributed by atoms with E-state index in [9.17, 15) is 13.2 Å². The van der Waals surface area contributed by atoms with Crippen molar-refractivity contribution in [2.45, 2.75) is 17.7 Å². The molecule has 7 heteroatoms. The fourth-order valence-electron chi connectivity index (χ4n) is 2.63. The highest BCUT2D eigenvalue weighted by atomic mass is 32.2. The minimum Gasteiger partial charge on any atom is -0.465 e. The van der Waals surface area contributed by atoms with Gasteiger partial charge >= 0.3 is 5.97 Å². The molecule has 2 rings (SSSR count). The molecular formula is C17H21NO5S. The van der Waals surface area contributed by atoms with E-state index in [1.54, 1.807) is 0 Å². The quantitative estimate of drug-likeness (QED) is 0.441. The van der Waals surface area contributed by atoms with E-state index in [-0.39, 0.29) is 11.5 Å². The number of benzene rings is 1. The molecule has 1 heterocycles. The lowest BCUT2D eigenvalue weighted by Gasteiger charge is -2.31. The van der Waals surface area contributed by atoms with Gasteiger partial charge in [0.15, 0.2) is 0 Å². The second-order valence-corrected chi connectivity index (χ2v) is 7.52. The average molecular weight is 351 g/mol. The van der Waals surface area contributed by atoms with E-state index < -0.39 is 16.0 Å². The number of hydrogen-bond acceptors (Lipinski definition) is 5. The number of carbonyl (C=O) groups excluding carboxylic acids is 1. The molecule has 0 unspecified atom stereocenters. The Kier molecular flexibility index (Phi) is 6.37. The van der Waals surface area contributed by atoms with E-state index in [1.165, 1.54) is 35.7 Å². The van der Waals surface area contributed by atoms with Gasteiger partial charge in [-0.2, -0.15) is 4.31 Å². The Labute approximate surface area is 142 Å². The number of terminal acetylenes is 1. The summed E-state index contributed by atoms with van der Waals surface area (Å²) >= 11 is 0. The number of sulfonamides is 1. The first-order valence-electron chi connectivity index (χ1n) is 7.68. The third kappa shape index (κ3) is 4.35. The zero-order chi connectivity index (χ0) is 17.6. The topological polar surface area (TPSA) is 72.9 Å². The predicted molar refractivity (Wildman–Crippen MR) is 88.9 cm³/mol. The van der Waals surface area contributed by atoms with Crippen molar-refractivity contribution < 1.29 is 22.7 Å². The van der Waals surface area contributed by atoms with Crippen LogP contribution >= 0.6 is 0 Å². The van der Waals surface area contributed by atoms with Crippen molar-refractivity contribution in [1.29, 1.82) is 0 Å². The Morgan fingerprint density at radius 1 is 1.29 bits per heavy atom. The standard InChI is InChI=1S/C17H21NO5S/c1-3-12-23-13-14-8-10-18(11-9-14)24(20,21)16-6-4-15(5-7-16)17(19)22-2/h1,4-7,14H,8-13H2,2H3. The smallest absolute Gasteiger partial charge is 0.337 e. The summed E-state index contributed by atoms with van der Waals surface area (Å²) in [4.78, 5) is 11.6. The Balaban J connectivity index is 1.99. The van der Waals surface area contributed by atoms with Gasteiger partial charge in [-0.3, -0.25) is 0 Å². The summed E-state index contributed by atoms with van der Waals surface area (Å²) in [5, 5.41) is 0. The number of carbonyl (C=O) groups is 1. The highest BCUT2D eigenvalue weighted by molar-refractivity contribution is 7.89. The third-order valence-electron chi connectivity index (χ3n) is 4.03. The molecule has 130 valence electrons. The summed E-state index contributed by atoms with van der Waals surface area (Å²) in [6.45, 7) is 1.74. The maximum atomic E-state index is 12.7. The molecule has 24 heavy (non-hydrogen) atoms. The normalized spacial score (nSPS) is 16.5. The summed E-state index contributed by atoms with van der Waals surface area (Å²) in [6, 6.07) is 5.78. The van der Waals surface area contributed by atoms with Crippen molar-refractivity contribution in [3.05, 3.63) is 29.8 Å². The maximum absolute atomic E-state index is 12.7. The van der Waals surface area contributed by atoms with Crippen LogP contribution in [0.1, 0.15) is 23.2 Å². The highest BCUT2D eigenvalue weighted by Crippen LogP contribution is 2.24. The minimum absolute atomic E-state index is 0.178. The number of rotatable bonds is 6. The fraction of sp³-hybridized carbons (Fsp3) is 0.471. The molecule has 0 spiro atoms. The molecular weight excluding hydrogens is 330 g/mol. The lowest BCUT2D eigenvalue weighted by atomic mass is 9.99. The molecule has 0 aliphatic carbocycles. The average Bonchev–Trinajstić information content (AvgIpc) is 2.62. The lowest BCUT2D eigenvalue weighted by Crippen LogP contribution is -2.39. The third-order valence-corrected chi connectivity index (χ3v) is 5.94. The molecule has 0 aromatic heterocycles. The number of methoxy groups -OCH3 is 1. The molecule has 0 N–H and O–H groups in total. The SMILES string of the molecule is C#CCOCC1CCN(S(=O)(=O)c2ccc(C(=O)OC)cc2)CC1. The second kappa shape index (κ2) is 8.29. The monoisotopic (exact) mass is 351 g/mol. The first-order chi connectivity index (χ1) is 11.5. The van der Waals surface area contributed by atoms with Gasteiger partial charge in [0.2, 0.25) is 10.0 Å².